The molecule has 0 fully saturated rings. The van der Waals surface area contributed by atoms with E-state index in [-0.39, 0.29) is 6.54 Å². The first-order valence-corrected chi connectivity index (χ1v) is 5.72. The van der Waals surface area contributed by atoms with Crippen LogP contribution in [-0.2, 0) is 6.54 Å². The quantitative estimate of drug-likeness (QED) is 0.688. The summed E-state index contributed by atoms with van der Waals surface area (Å²) in [6.45, 7) is 1.61. The van der Waals surface area contributed by atoms with Gasteiger partial charge in [-0.25, -0.2) is 4.39 Å². The molecule has 0 aliphatic rings. The predicted molar refractivity (Wildman–Crippen MR) is 65.4 cm³/mol. The SMILES string of the molecule is Cc1cc(CNC(=O)c2cc(F)c([N+](=O)[O-])cc2F)on1. The van der Waals surface area contributed by atoms with E-state index >= 15 is 0 Å². The molecule has 1 N–H and O–H groups in total. The molecule has 0 unspecified atom stereocenters. The number of benzene rings is 1. The number of halogens is 2. The second-order valence-corrected chi connectivity index (χ2v) is 4.16. The van der Waals surface area contributed by atoms with Gasteiger partial charge in [-0.1, -0.05) is 5.16 Å². The molecule has 9 heteroatoms. The summed E-state index contributed by atoms with van der Waals surface area (Å²) >= 11 is 0. The van der Waals surface area contributed by atoms with Gasteiger partial charge in [-0.15, -0.1) is 0 Å². The standard InChI is InChI=1S/C12H9F2N3O4/c1-6-2-7(21-16-6)5-15-12(18)8-3-10(14)11(17(19)20)4-9(8)13/h2-4H,5H2,1H3,(H,15,18). The number of carbonyl (C=O) groups excluding carboxylic acids is 1. The van der Waals surface area contributed by atoms with Gasteiger partial charge in [0.05, 0.1) is 28.8 Å². The summed E-state index contributed by atoms with van der Waals surface area (Å²) in [5.74, 6) is -3.06. The van der Waals surface area contributed by atoms with Crippen LogP contribution in [0.25, 0.3) is 0 Å². The zero-order valence-corrected chi connectivity index (χ0v) is 10.7. The van der Waals surface area contributed by atoms with Crippen LogP contribution in [0.4, 0.5) is 14.5 Å². The number of hydrogen-bond acceptors (Lipinski definition) is 5. The van der Waals surface area contributed by atoms with Crippen LogP contribution in [0.1, 0.15) is 21.8 Å². The minimum absolute atomic E-state index is 0.0717. The Morgan fingerprint density at radius 3 is 2.67 bits per heavy atom. The second-order valence-electron chi connectivity index (χ2n) is 4.16. The third-order valence-electron chi connectivity index (χ3n) is 2.58. The molecular formula is C12H9F2N3O4. The summed E-state index contributed by atoms with van der Waals surface area (Å²) in [6.07, 6.45) is 0. The third kappa shape index (κ3) is 3.19. The van der Waals surface area contributed by atoms with Crippen LogP contribution in [0.15, 0.2) is 22.7 Å². The van der Waals surface area contributed by atoms with Gasteiger partial charge in [-0.05, 0) is 13.0 Å². The number of nitrogens with zero attached hydrogens (tertiary/aromatic N) is 2. The van der Waals surface area contributed by atoms with E-state index in [9.17, 15) is 23.7 Å². The van der Waals surface area contributed by atoms with E-state index in [1.165, 1.54) is 0 Å². The van der Waals surface area contributed by atoms with Crippen LogP contribution in [0.3, 0.4) is 0 Å². The number of nitrogens with one attached hydrogen (secondary N) is 1. The number of nitro groups is 1. The lowest BCUT2D eigenvalue weighted by atomic mass is 10.1. The first-order valence-electron chi connectivity index (χ1n) is 5.72. The molecule has 0 aliphatic heterocycles. The Morgan fingerprint density at radius 2 is 2.10 bits per heavy atom. The highest BCUT2D eigenvalue weighted by molar-refractivity contribution is 5.94. The number of rotatable bonds is 4. The first-order chi connectivity index (χ1) is 9.88. The van der Waals surface area contributed by atoms with Crippen molar-refractivity contribution in [3.63, 3.8) is 0 Å². The molecule has 0 atom stereocenters. The van der Waals surface area contributed by atoms with Gasteiger partial charge >= 0.3 is 5.69 Å². The Labute approximate surface area is 116 Å². The Bertz CT molecular complexity index is 715. The smallest absolute Gasteiger partial charge is 0.307 e. The summed E-state index contributed by atoms with van der Waals surface area (Å²) in [7, 11) is 0. The molecule has 0 saturated carbocycles. The van der Waals surface area contributed by atoms with E-state index < -0.39 is 33.7 Å². The van der Waals surface area contributed by atoms with E-state index in [4.69, 9.17) is 4.52 Å². The minimum Gasteiger partial charge on any atom is -0.359 e. The minimum atomic E-state index is -1.29. The largest absolute Gasteiger partial charge is 0.359 e. The fourth-order valence-electron chi connectivity index (χ4n) is 1.61. The number of hydrogen-bond donors (Lipinski definition) is 1. The van der Waals surface area contributed by atoms with Crippen LogP contribution in [-0.4, -0.2) is 16.0 Å². The van der Waals surface area contributed by atoms with Gasteiger partial charge in [-0.3, -0.25) is 14.9 Å². The Morgan fingerprint density at radius 1 is 1.38 bits per heavy atom. The summed E-state index contributed by atoms with van der Waals surface area (Å²) in [5.41, 5.74) is -1.06. The van der Waals surface area contributed by atoms with E-state index in [1.807, 2.05) is 0 Å². The number of nitro benzene ring substituents is 1. The van der Waals surface area contributed by atoms with Crippen LogP contribution < -0.4 is 5.32 Å². The molecule has 2 rings (SSSR count). The third-order valence-corrected chi connectivity index (χ3v) is 2.58. The van der Waals surface area contributed by atoms with Crippen LogP contribution in [0.5, 0.6) is 0 Å². The van der Waals surface area contributed by atoms with Crippen molar-refractivity contribution in [1.82, 2.24) is 10.5 Å². The first kappa shape index (κ1) is 14.6. The molecule has 0 aliphatic carbocycles. The number of aromatic nitrogens is 1. The molecule has 1 heterocycles. The lowest BCUT2D eigenvalue weighted by molar-refractivity contribution is -0.387. The second kappa shape index (κ2) is 5.65. The van der Waals surface area contributed by atoms with Crippen LogP contribution in [0, 0.1) is 28.7 Å². The van der Waals surface area contributed by atoms with Crippen molar-refractivity contribution in [2.24, 2.45) is 0 Å². The van der Waals surface area contributed by atoms with Gasteiger partial charge in [0.15, 0.2) is 5.76 Å². The number of aryl methyl sites for hydroxylation is 1. The highest BCUT2D eigenvalue weighted by atomic mass is 19.1. The lowest BCUT2D eigenvalue weighted by Crippen LogP contribution is -2.24. The van der Waals surface area contributed by atoms with E-state index in [0.29, 0.717) is 23.6 Å². The summed E-state index contributed by atoms with van der Waals surface area (Å²) < 4.78 is 31.8. The summed E-state index contributed by atoms with van der Waals surface area (Å²) in [5, 5.41) is 16.3. The zero-order valence-electron chi connectivity index (χ0n) is 10.7. The molecule has 0 saturated heterocycles. The van der Waals surface area contributed by atoms with Crippen molar-refractivity contribution in [2.75, 3.05) is 0 Å². The van der Waals surface area contributed by atoms with Crippen LogP contribution >= 0.6 is 0 Å². The topological polar surface area (TPSA) is 98.3 Å². The molecule has 0 radical (unpaired) electrons. The van der Waals surface area contributed by atoms with Gasteiger partial charge < -0.3 is 9.84 Å². The predicted octanol–water partition coefficient (Wildman–Crippen LogP) is 2.10. The van der Waals surface area contributed by atoms with Crippen molar-refractivity contribution in [2.45, 2.75) is 13.5 Å². The Balaban J connectivity index is 2.15. The summed E-state index contributed by atoms with van der Waals surface area (Å²) in [4.78, 5) is 21.1. The highest BCUT2D eigenvalue weighted by Crippen LogP contribution is 2.21. The van der Waals surface area contributed by atoms with Gasteiger partial charge in [0.2, 0.25) is 5.82 Å². The van der Waals surface area contributed by atoms with Gasteiger partial charge in [-0.2, -0.15) is 4.39 Å². The van der Waals surface area contributed by atoms with E-state index in [1.54, 1.807) is 13.0 Å². The maximum atomic E-state index is 13.6. The molecule has 1 amide bonds. The molecule has 1 aromatic carbocycles. The molecule has 1 aromatic heterocycles. The maximum absolute atomic E-state index is 13.6. The number of carbonyl (C=O) groups is 1. The zero-order chi connectivity index (χ0) is 15.6. The van der Waals surface area contributed by atoms with Crippen LogP contribution in [0.2, 0.25) is 0 Å². The fraction of sp³-hybridized carbons (Fsp3) is 0.167. The van der Waals surface area contributed by atoms with Crippen molar-refractivity contribution in [3.05, 3.63) is 57.0 Å². The van der Waals surface area contributed by atoms with Crippen molar-refractivity contribution >= 4 is 11.6 Å². The van der Waals surface area contributed by atoms with Crippen molar-refractivity contribution in [3.8, 4) is 0 Å². The van der Waals surface area contributed by atoms with Gasteiger partial charge in [0.1, 0.15) is 5.82 Å². The van der Waals surface area contributed by atoms with E-state index in [0.717, 1.165) is 0 Å². The maximum Gasteiger partial charge on any atom is 0.307 e. The highest BCUT2D eigenvalue weighted by Gasteiger charge is 2.22. The van der Waals surface area contributed by atoms with Gasteiger partial charge in [0, 0.05) is 6.07 Å². The monoisotopic (exact) mass is 297 g/mol. The molecule has 0 spiro atoms. The molecule has 21 heavy (non-hydrogen) atoms. The molecular weight excluding hydrogens is 288 g/mol. The number of amides is 1. The van der Waals surface area contributed by atoms with Crippen molar-refractivity contribution < 1.29 is 23.0 Å². The fourth-order valence-corrected chi connectivity index (χ4v) is 1.61. The molecule has 110 valence electrons. The summed E-state index contributed by atoms with van der Waals surface area (Å²) in [6, 6.07) is 2.41. The lowest BCUT2D eigenvalue weighted by Gasteiger charge is -2.04. The molecule has 2 aromatic rings. The molecule has 7 nitrogen and oxygen atoms in total. The average Bonchev–Trinajstić information content (AvgIpc) is 2.83. The Kier molecular flexibility index (Phi) is 3.92. The molecule has 0 bridgehead atoms. The normalized spacial score (nSPS) is 10.4. The van der Waals surface area contributed by atoms with E-state index in [2.05, 4.69) is 10.5 Å². The van der Waals surface area contributed by atoms with Gasteiger partial charge in [0.25, 0.3) is 5.91 Å². The Hall–Kier alpha value is -2.84. The van der Waals surface area contributed by atoms with Crippen molar-refractivity contribution in [1.29, 1.82) is 0 Å². The average molecular weight is 297 g/mol.